The van der Waals surface area contributed by atoms with Crippen molar-refractivity contribution in [1.29, 1.82) is 0 Å². The molecule has 1 aromatic carbocycles. The monoisotopic (exact) mass is 310 g/mol. The summed E-state index contributed by atoms with van der Waals surface area (Å²) in [6.45, 7) is 5.34. The van der Waals surface area contributed by atoms with Crippen LogP contribution >= 0.6 is 0 Å². The van der Waals surface area contributed by atoms with Gasteiger partial charge in [0.25, 0.3) is 0 Å². The molecule has 1 aliphatic heterocycles. The van der Waals surface area contributed by atoms with Crippen LogP contribution in [0.25, 0.3) is 0 Å². The lowest BCUT2D eigenvalue weighted by Gasteiger charge is -2.29. The fraction of sp³-hybridized carbons (Fsp3) is 0.625. The van der Waals surface area contributed by atoms with Gasteiger partial charge in [-0.2, -0.15) is 0 Å². The Morgan fingerprint density at radius 3 is 2.48 bits per heavy atom. The van der Waals surface area contributed by atoms with Gasteiger partial charge in [-0.15, -0.1) is 0 Å². The molecule has 0 unspecified atom stereocenters. The van der Waals surface area contributed by atoms with Crippen LogP contribution in [-0.2, 0) is 15.8 Å². The van der Waals surface area contributed by atoms with Gasteiger partial charge in [0.15, 0.2) is 0 Å². The number of piperidine rings is 1. The van der Waals surface area contributed by atoms with Gasteiger partial charge in [0.2, 0.25) is 10.0 Å². The number of hydrogen-bond acceptors (Lipinski definition) is 3. The minimum atomic E-state index is -3.22. The van der Waals surface area contributed by atoms with Crippen LogP contribution in [0.4, 0.5) is 0 Å². The number of rotatable bonds is 7. The first-order valence-corrected chi connectivity index (χ1v) is 9.45. The van der Waals surface area contributed by atoms with E-state index in [9.17, 15) is 8.42 Å². The average Bonchev–Trinajstić information content (AvgIpc) is 2.48. The zero-order valence-electron chi connectivity index (χ0n) is 12.8. The summed E-state index contributed by atoms with van der Waals surface area (Å²) in [5, 5.41) is 3.33. The van der Waals surface area contributed by atoms with E-state index in [2.05, 4.69) is 5.32 Å². The lowest BCUT2D eigenvalue weighted by molar-refractivity contribution is 0.288. The van der Waals surface area contributed by atoms with Crippen LogP contribution in [0.5, 0.6) is 0 Å². The van der Waals surface area contributed by atoms with Gasteiger partial charge in [-0.3, -0.25) is 0 Å². The van der Waals surface area contributed by atoms with Crippen molar-refractivity contribution in [2.45, 2.75) is 31.9 Å². The van der Waals surface area contributed by atoms with Gasteiger partial charge in [0.1, 0.15) is 0 Å². The lowest BCUT2D eigenvalue weighted by Crippen LogP contribution is -2.40. The van der Waals surface area contributed by atoms with Gasteiger partial charge in [-0.25, -0.2) is 12.7 Å². The van der Waals surface area contributed by atoms with Crippen molar-refractivity contribution in [2.75, 3.05) is 26.2 Å². The summed E-state index contributed by atoms with van der Waals surface area (Å²) < 4.78 is 27.1. The Morgan fingerprint density at radius 1 is 1.19 bits per heavy atom. The number of benzene rings is 1. The Bertz CT molecular complexity index is 510. The van der Waals surface area contributed by atoms with Crippen molar-refractivity contribution in [3.8, 4) is 0 Å². The van der Waals surface area contributed by atoms with E-state index in [1.54, 1.807) is 4.31 Å². The van der Waals surface area contributed by atoms with Crippen molar-refractivity contribution in [2.24, 2.45) is 5.92 Å². The van der Waals surface area contributed by atoms with Crippen molar-refractivity contribution in [1.82, 2.24) is 9.62 Å². The molecule has 2 rings (SSSR count). The highest BCUT2D eigenvalue weighted by atomic mass is 32.2. The zero-order chi connectivity index (χ0) is 15.1. The molecule has 1 aliphatic rings. The Morgan fingerprint density at radius 2 is 1.86 bits per heavy atom. The topological polar surface area (TPSA) is 49.4 Å². The first kappa shape index (κ1) is 16.5. The maximum atomic E-state index is 12.7. The Labute approximate surface area is 128 Å². The molecule has 4 nitrogen and oxygen atoms in total. The fourth-order valence-corrected chi connectivity index (χ4v) is 4.52. The SMILES string of the molecule is CCCN(CC1CCNCC1)S(=O)(=O)Cc1ccccc1. The van der Waals surface area contributed by atoms with Gasteiger partial charge in [-0.1, -0.05) is 37.3 Å². The second-order valence-electron chi connectivity index (χ2n) is 5.79. The number of nitrogens with one attached hydrogen (secondary N) is 1. The molecule has 0 spiro atoms. The molecule has 0 saturated carbocycles. The molecule has 1 heterocycles. The first-order chi connectivity index (χ1) is 10.1. The second kappa shape index (κ2) is 7.92. The molecular weight excluding hydrogens is 284 g/mol. The van der Waals surface area contributed by atoms with Crippen LogP contribution in [0.2, 0.25) is 0 Å². The van der Waals surface area contributed by atoms with Crippen LogP contribution in [0.3, 0.4) is 0 Å². The highest BCUT2D eigenvalue weighted by Crippen LogP contribution is 2.18. The lowest BCUT2D eigenvalue weighted by atomic mass is 9.98. The van der Waals surface area contributed by atoms with Gasteiger partial charge in [0, 0.05) is 13.1 Å². The quantitative estimate of drug-likeness (QED) is 0.840. The van der Waals surface area contributed by atoms with Crippen molar-refractivity contribution < 1.29 is 8.42 Å². The Balaban J connectivity index is 2.04. The molecule has 0 aliphatic carbocycles. The first-order valence-electron chi connectivity index (χ1n) is 7.84. The molecule has 0 radical (unpaired) electrons. The molecule has 118 valence electrons. The van der Waals surface area contributed by atoms with Crippen molar-refractivity contribution in [3.05, 3.63) is 35.9 Å². The smallest absolute Gasteiger partial charge is 0.218 e. The summed E-state index contributed by atoms with van der Waals surface area (Å²) >= 11 is 0. The minimum absolute atomic E-state index is 0.110. The third-order valence-electron chi connectivity index (χ3n) is 3.98. The molecule has 1 N–H and O–H groups in total. The summed E-state index contributed by atoms with van der Waals surface area (Å²) in [4.78, 5) is 0. The summed E-state index contributed by atoms with van der Waals surface area (Å²) in [6.07, 6.45) is 3.00. The molecule has 0 amide bonds. The van der Waals surface area contributed by atoms with E-state index < -0.39 is 10.0 Å². The Kier molecular flexibility index (Phi) is 6.21. The standard InChI is InChI=1S/C16H26N2O2S/c1-2-12-18(13-15-8-10-17-11-9-15)21(19,20)14-16-6-4-3-5-7-16/h3-7,15,17H,2,8-14H2,1H3. The average molecular weight is 310 g/mol. The van der Waals surface area contributed by atoms with Crippen LogP contribution < -0.4 is 5.32 Å². The maximum absolute atomic E-state index is 12.7. The maximum Gasteiger partial charge on any atom is 0.218 e. The third-order valence-corrected chi connectivity index (χ3v) is 5.80. The summed E-state index contributed by atoms with van der Waals surface area (Å²) in [7, 11) is -3.22. The predicted molar refractivity (Wildman–Crippen MR) is 86.5 cm³/mol. The number of sulfonamides is 1. The zero-order valence-corrected chi connectivity index (χ0v) is 13.6. The molecule has 0 aromatic heterocycles. The molecular formula is C16H26N2O2S. The van der Waals surface area contributed by atoms with E-state index >= 15 is 0 Å². The fourth-order valence-electron chi connectivity index (χ4n) is 2.82. The largest absolute Gasteiger partial charge is 0.317 e. The third kappa shape index (κ3) is 5.09. The molecule has 5 heteroatoms. The molecule has 1 aromatic rings. The van der Waals surface area contributed by atoms with Gasteiger partial charge >= 0.3 is 0 Å². The molecule has 0 atom stereocenters. The van der Waals surface area contributed by atoms with Gasteiger partial charge in [0.05, 0.1) is 5.75 Å². The van der Waals surface area contributed by atoms with Crippen molar-refractivity contribution in [3.63, 3.8) is 0 Å². The highest BCUT2D eigenvalue weighted by Gasteiger charge is 2.25. The van der Waals surface area contributed by atoms with Crippen LogP contribution in [0.15, 0.2) is 30.3 Å². The van der Waals surface area contributed by atoms with E-state index in [1.165, 1.54) is 0 Å². The normalized spacial score (nSPS) is 17.2. The molecule has 1 saturated heterocycles. The van der Waals surface area contributed by atoms with Gasteiger partial charge < -0.3 is 5.32 Å². The summed E-state index contributed by atoms with van der Waals surface area (Å²) in [6, 6.07) is 9.46. The predicted octanol–water partition coefficient (Wildman–Crippen LogP) is 2.23. The summed E-state index contributed by atoms with van der Waals surface area (Å²) in [5.74, 6) is 0.599. The number of nitrogens with zero attached hydrogens (tertiary/aromatic N) is 1. The van der Waals surface area contributed by atoms with Gasteiger partial charge in [-0.05, 0) is 43.8 Å². The van der Waals surface area contributed by atoms with Crippen LogP contribution in [0.1, 0.15) is 31.7 Å². The molecule has 1 fully saturated rings. The molecule has 0 bridgehead atoms. The van der Waals surface area contributed by atoms with Crippen LogP contribution in [-0.4, -0.2) is 38.9 Å². The summed E-state index contributed by atoms with van der Waals surface area (Å²) in [5.41, 5.74) is 0.865. The van der Waals surface area contributed by atoms with Crippen molar-refractivity contribution >= 4 is 10.0 Å². The second-order valence-corrected chi connectivity index (χ2v) is 7.76. The van der Waals surface area contributed by atoms with E-state index in [0.717, 1.165) is 37.9 Å². The Hall–Kier alpha value is -0.910. The van der Waals surface area contributed by atoms with Crippen LogP contribution in [0, 0.1) is 5.92 Å². The highest BCUT2D eigenvalue weighted by molar-refractivity contribution is 7.88. The van der Waals surface area contributed by atoms with E-state index in [0.29, 0.717) is 19.0 Å². The van der Waals surface area contributed by atoms with E-state index in [4.69, 9.17) is 0 Å². The number of hydrogen-bond donors (Lipinski definition) is 1. The minimum Gasteiger partial charge on any atom is -0.317 e. The van der Waals surface area contributed by atoms with E-state index in [-0.39, 0.29) is 5.75 Å². The van der Waals surface area contributed by atoms with E-state index in [1.807, 2.05) is 37.3 Å². The molecule has 21 heavy (non-hydrogen) atoms.